The second-order valence-electron chi connectivity index (χ2n) is 5.11. The average molecular weight is 369 g/mol. The maximum absolute atomic E-state index is 9.67. The third-order valence-corrected chi connectivity index (χ3v) is 3.58. The number of hydrogen-bond donors (Lipinski definition) is 2. The van der Waals surface area contributed by atoms with Gasteiger partial charge in [0.05, 0.1) is 0 Å². The van der Waals surface area contributed by atoms with E-state index in [9.17, 15) is 10.4 Å². The van der Waals surface area contributed by atoms with Gasteiger partial charge in [0.1, 0.15) is 0 Å². The smallest absolute Gasteiger partial charge is 0.775 e. The van der Waals surface area contributed by atoms with Crippen LogP contribution in [0.3, 0.4) is 0 Å². The van der Waals surface area contributed by atoms with Crippen molar-refractivity contribution >= 4 is 11.9 Å². The molecule has 0 saturated carbocycles. The number of guanidine groups is 2. The number of piperidine rings is 2. The summed E-state index contributed by atoms with van der Waals surface area (Å²) in [5, 5.41) is 44.7. The van der Waals surface area contributed by atoms with Gasteiger partial charge < -0.3 is 20.2 Å². The number of likely N-dealkylation sites (tertiary alicyclic amines) is 2. The van der Waals surface area contributed by atoms with Gasteiger partial charge in [0, 0.05) is 26.2 Å². The maximum atomic E-state index is 9.67. The summed E-state index contributed by atoms with van der Waals surface area (Å²) in [6.45, 7) is 3.32. The second-order valence-corrected chi connectivity index (χ2v) is 5.11. The zero-order chi connectivity index (χ0) is 16.2. The van der Waals surface area contributed by atoms with Gasteiger partial charge in [-0.3, -0.25) is 10.8 Å². The molecule has 0 radical (unpaired) electrons. The summed E-state index contributed by atoms with van der Waals surface area (Å²) >= 11 is 0. The molecule has 0 aliphatic carbocycles. The van der Waals surface area contributed by atoms with E-state index in [2.05, 4.69) is 20.8 Å². The van der Waals surface area contributed by atoms with Gasteiger partial charge in [-0.15, -0.1) is 10.2 Å². The zero-order valence-corrected chi connectivity index (χ0v) is 13.9. The van der Waals surface area contributed by atoms with Crippen LogP contribution in [0.2, 0.25) is 0 Å². The molecular formula is C12H22N8NiO2. The van der Waals surface area contributed by atoms with Crippen molar-refractivity contribution in [2.45, 2.75) is 38.5 Å². The molecule has 2 heterocycles. The van der Waals surface area contributed by atoms with E-state index < -0.39 is 0 Å². The van der Waals surface area contributed by atoms with E-state index in [1.165, 1.54) is 12.8 Å². The monoisotopic (exact) mass is 368 g/mol. The maximum Gasteiger partial charge on any atom is 2.00 e. The summed E-state index contributed by atoms with van der Waals surface area (Å²) in [6.07, 6.45) is 6.73. The average Bonchev–Trinajstić information content (AvgIpc) is 2.57. The van der Waals surface area contributed by atoms with Crippen molar-refractivity contribution < 1.29 is 16.5 Å². The van der Waals surface area contributed by atoms with Crippen molar-refractivity contribution in [3.05, 3.63) is 10.4 Å². The molecule has 2 aliphatic rings. The first-order valence-electron chi connectivity index (χ1n) is 7.42. The Morgan fingerprint density at radius 2 is 0.957 bits per heavy atom. The Morgan fingerprint density at radius 1 is 0.652 bits per heavy atom. The van der Waals surface area contributed by atoms with Crippen LogP contribution in [0.1, 0.15) is 38.5 Å². The van der Waals surface area contributed by atoms with Crippen LogP contribution < -0.4 is 0 Å². The summed E-state index contributed by atoms with van der Waals surface area (Å²) in [6, 6.07) is 0. The fourth-order valence-electron chi connectivity index (χ4n) is 2.42. The third kappa shape index (κ3) is 8.44. The standard InChI is InChI=1S/2C6H12N4O.Ni/c2*7-6(8-9-11)10-4-2-1-3-5-10;/h2*1-5H2,(H2,7,8,11);/q;;+2/p-2. The first kappa shape index (κ1) is 21.2. The molecule has 0 aromatic heterocycles. The van der Waals surface area contributed by atoms with Crippen molar-refractivity contribution in [3.63, 3.8) is 0 Å². The largest absolute Gasteiger partial charge is 2.00 e. The molecule has 2 aliphatic heterocycles. The van der Waals surface area contributed by atoms with E-state index in [-0.39, 0.29) is 28.4 Å². The van der Waals surface area contributed by atoms with Crippen LogP contribution in [-0.4, -0.2) is 47.9 Å². The minimum Gasteiger partial charge on any atom is -0.775 e. The van der Waals surface area contributed by atoms with Crippen molar-refractivity contribution in [3.8, 4) is 0 Å². The molecule has 11 heteroatoms. The van der Waals surface area contributed by atoms with Gasteiger partial charge in [0.25, 0.3) is 0 Å². The first-order chi connectivity index (χ1) is 10.7. The Hall–Kier alpha value is -1.77. The van der Waals surface area contributed by atoms with Crippen molar-refractivity contribution in [1.82, 2.24) is 9.80 Å². The summed E-state index contributed by atoms with van der Waals surface area (Å²) in [4.78, 5) is 3.54. The minimum atomic E-state index is -0.000278. The van der Waals surface area contributed by atoms with E-state index in [4.69, 9.17) is 10.8 Å². The van der Waals surface area contributed by atoms with Crippen molar-refractivity contribution in [2.75, 3.05) is 26.2 Å². The summed E-state index contributed by atoms with van der Waals surface area (Å²) < 4.78 is 0. The zero-order valence-electron chi connectivity index (χ0n) is 12.9. The predicted octanol–water partition coefficient (Wildman–Crippen LogP) is 2.71. The normalized spacial score (nSPS) is 18.3. The van der Waals surface area contributed by atoms with E-state index in [0.717, 1.165) is 51.9 Å². The van der Waals surface area contributed by atoms with Gasteiger partial charge >= 0.3 is 16.5 Å². The molecule has 10 nitrogen and oxygen atoms in total. The van der Waals surface area contributed by atoms with Crippen LogP contribution in [0.4, 0.5) is 0 Å². The Bertz CT molecular complexity index is 368. The number of rotatable bonds is 0. The number of hydrogen-bond acceptors (Lipinski definition) is 6. The molecule has 0 atom stereocenters. The molecule has 2 saturated heterocycles. The Labute approximate surface area is 145 Å². The molecule has 0 spiro atoms. The topological polar surface area (TPSA) is 150 Å². The van der Waals surface area contributed by atoms with Crippen molar-refractivity contribution in [2.24, 2.45) is 20.8 Å². The first-order valence-corrected chi connectivity index (χ1v) is 7.42. The van der Waals surface area contributed by atoms with Gasteiger partial charge in [-0.05, 0) is 38.5 Å². The Kier molecular flexibility index (Phi) is 11.8. The molecule has 2 rings (SSSR count). The van der Waals surface area contributed by atoms with Crippen LogP contribution in [0, 0.1) is 21.2 Å². The molecule has 132 valence electrons. The van der Waals surface area contributed by atoms with Gasteiger partial charge in [-0.1, -0.05) is 0 Å². The van der Waals surface area contributed by atoms with Crippen LogP contribution in [0.5, 0.6) is 0 Å². The molecule has 0 aromatic rings. The molecule has 23 heavy (non-hydrogen) atoms. The molecular weight excluding hydrogens is 347 g/mol. The predicted molar refractivity (Wildman–Crippen MR) is 82.7 cm³/mol. The van der Waals surface area contributed by atoms with Gasteiger partial charge in [0.15, 0.2) is 0 Å². The third-order valence-electron chi connectivity index (χ3n) is 3.58. The molecule has 0 amide bonds. The van der Waals surface area contributed by atoms with E-state index in [1.807, 2.05) is 0 Å². The fraction of sp³-hybridized carbons (Fsp3) is 0.833. The molecule has 2 fully saturated rings. The second kappa shape index (κ2) is 12.7. The van der Waals surface area contributed by atoms with Crippen LogP contribution in [-0.2, 0) is 16.5 Å². The summed E-state index contributed by atoms with van der Waals surface area (Å²) in [5.74, 6) is -0.000556. The molecule has 0 bridgehead atoms. The van der Waals surface area contributed by atoms with Crippen LogP contribution in [0.25, 0.3) is 0 Å². The van der Waals surface area contributed by atoms with Gasteiger partial charge in [0.2, 0.25) is 11.9 Å². The minimum absolute atomic E-state index is 0. The van der Waals surface area contributed by atoms with E-state index in [0.29, 0.717) is 0 Å². The van der Waals surface area contributed by atoms with Crippen molar-refractivity contribution in [1.29, 1.82) is 10.8 Å². The Morgan fingerprint density at radius 3 is 1.22 bits per heavy atom. The summed E-state index contributed by atoms with van der Waals surface area (Å²) in [7, 11) is 0. The van der Waals surface area contributed by atoms with E-state index in [1.54, 1.807) is 9.80 Å². The quantitative estimate of drug-likeness (QED) is 0.222. The summed E-state index contributed by atoms with van der Waals surface area (Å²) in [5.41, 5.74) is 0. The Balaban J connectivity index is 0.000000403. The van der Waals surface area contributed by atoms with E-state index >= 15 is 0 Å². The number of nitrogens with one attached hydrogen (secondary N) is 2. The molecule has 0 aromatic carbocycles. The SMILES string of the molecule is N=C(/N=N/[O-])N1CCCCC1.N=C(/N=N/[O-])N1CCCCC1.[Ni+2]. The molecule has 2 N–H and O–H groups in total. The van der Waals surface area contributed by atoms with Crippen LogP contribution >= 0.6 is 0 Å². The van der Waals surface area contributed by atoms with Gasteiger partial charge in [-0.25, -0.2) is 10.6 Å². The molecule has 0 unspecified atom stereocenters. The van der Waals surface area contributed by atoms with Crippen LogP contribution in [0.15, 0.2) is 20.8 Å². The fourth-order valence-corrected chi connectivity index (χ4v) is 2.42. The number of nitrogens with zero attached hydrogens (tertiary/aromatic N) is 6. The van der Waals surface area contributed by atoms with Gasteiger partial charge in [-0.2, -0.15) is 0 Å².